The summed E-state index contributed by atoms with van der Waals surface area (Å²) in [5.74, 6) is 0.189. The third-order valence-electron chi connectivity index (χ3n) is 7.72. The van der Waals surface area contributed by atoms with Gasteiger partial charge in [-0.3, -0.25) is 4.79 Å². The van der Waals surface area contributed by atoms with Crippen LogP contribution in [-0.2, 0) is 4.74 Å². The van der Waals surface area contributed by atoms with Crippen LogP contribution in [0.15, 0.2) is 60.7 Å². The number of ketones is 1. The zero-order chi connectivity index (χ0) is 19.9. The lowest BCUT2D eigenvalue weighted by atomic mass is 9.50. The highest BCUT2D eigenvalue weighted by molar-refractivity contribution is 6.02. The Bertz CT molecular complexity index is 792. The number of rotatable bonds is 4. The molecule has 0 aromatic heterocycles. The number of carbonyl (C=O) groups excluding carboxylic acids is 1. The molecule has 1 aliphatic rings. The highest BCUT2D eigenvalue weighted by Crippen LogP contribution is 2.60. The largest absolute Gasteiger partial charge is 0.373 e. The molecule has 0 saturated carbocycles. The van der Waals surface area contributed by atoms with Crippen molar-refractivity contribution in [3.63, 3.8) is 0 Å². The molecule has 2 nitrogen and oxygen atoms in total. The molecule has 0 aliphatic carbocycles. The molecule has 3 rings (SSSR count). The van der Waals surface area contributed by atoms with Crippen molar-refractivity contribution in [3.05, 3.63) is 71.8 Å². The van der Waals surface area contributed by atoms with Gasteiger partial charge in [-0.1, -0.05) is 95.3 Å². The van der Waals surface area contributed by atoms with Crippen molar-refractivity contribution in [2.24, 2.45) is 16.7 Å². The van der Waals surface area contributed by atoms with E-state index in [-0.39, 0.29) is 22.5 Å². The van der Waals surface area contributed by atoms with Gasteiger partial charge in [-0.25, -0.2) is 0 Å². The summed E-state index contributed by atoms with van der Waals surface area (Å²) in [5, 5.41) is 0. The van der Waals surface area contributed by atoms with Crippen LogP contribution in [0.3, 0.4) is 0 Å². The van der Waals surface area contributed by atoms with E-state index in [0.29, 0.717) is 12.5 Å². The van der Waals surface area contributed by atoms with E-state index in [2.05, 4.69) is 53.7 Å². The van der Waals surface area contributed by atoms with E-state index in [4.69, 9.17) is 4.74 Å². The molecule has 27 heavy (non-hydrogen) atoms. The third-order valence-corrected chi connectivity index (χ3v) is 7.72. The topological polar surface area (TPSA) is 26.3 Å². The molecule has 1 aliphatic heterocycles. The first-order chi connectivity index (χ1) is 12.6. The van der Waals surface area contributed by atoms with Gasteiger partial charge in [0.2, 0.25) is 0 Å². The first-order valence-corrected chi connectivity index (χ1v) is 9.91. The zero-order valence-corrected chi connectivity index (χ0v) is 17.5. The Kier molecular flexibility index (Phi) is 5.07. The summed E-state index contributed by atoms with van der Waals surface area (Å²) < 4.78 is 6.57. The quantitative estimate of drug-likeness (QED) is 0.610. The summed E-state index contributed by atoms with van der Waals surface area (Å²) in [6, 6.07) is 19.7. The number of ether oxygens (including phenoxy) is 1. The molecule has 0 bridgehead atoms. The maximum atomic E-state index is 13.8. The number of hydrogen-bond donors (Lipinski definition) is 0. The fourth-order valence-corrected chi connectivity index (χ4v) is 4.52. The van der Waals surface area contributed by atoms with Gasteiger partial charge in [-0.15, -0.1) is 0 Å². The van der Waals surface area contributed by atoms with Gasteiger partial charge in [0.15, 0.2) is 5.78 Å². The lowest BCUT2D eigenvalue weighted by Gasteiger charge is -2.61. The van der Waals surface area contributed by atoms with Crippen molar-refractivity contribution in [2.45, 2.75) is 53.1 Å². The van der Waals surface area contributed by atoms with Crippen molar-refractivity contribution < 1.29 is 9.53 Å². The average Bonchev–Trinajstić information content (AvgIpc) is 2.66. The molecule has 2 aromatic carbocycles. The van der Waals surface area contributed by atoms with E-state index in [9.17, 15) is 4.79 Å². The summed E-state index contributed by atoms with van der Waals surface area (Å²) in [7, 11) is 0. The number of Topliss-reactive ketones (excluding diaryl/α,β-unsaturated/α-hetero) is 1. The van der Waals surface area contributed by atoms with Gasteiger partial charge in [0, 0.05) is 5.56 Å². The standard InChI is InChI=1S/C25H32O2/c1-18-17-27-25(6,24(4,5)23(18,2)3)21(19-13-9-7-10-14-19)22(26)20-15-11-8-12-16-20/h7-16,18,21H,17H2,1-6H3. The van der Waals surface area contributed by atoms with Crippen LogP contribution < -0.4 is 0 Å². The molecule has 1 saturated heterocycles. The Morgan fingerprint density at radius 3 is 2.00 bits per heavy atom. The molecule has 2 aromatic rings. The van der Waals surface area contributed by atoms with Crippen molar-refractivity contribution >= 4 is 5.78 Å². The normalized spacial score (nSPS) is 27.7. The first kappa shape index (κ1) is 19.8. The van der Waals surface area contributed by atoms with Crippen LogP contribution in [0.5, 0.6) is 0 Å². The predicted molar refractivity (Wildman–Crippen MR) is 111 cm³/mol. The molecule has 3 atom stereocenters. The van der Waals surface area contributed by atoms with Crippen molar-refractivity contribution in [2.75, 3.05) is 6.61 Å². The van der Waals surface area contributed by atoms with Crippen LogP contribution in [0.25, 0.3) is 0 Å². The summed E-state index contributed by atoms with van der Waals surface area (Å²) in [5.41, 5.74) is 0.972. The summed E-state index contributed by atoms with van der Waals surface area (Å²) in [6.45, 7) is 14.2. The number of carbonyl (C=O) groups is 1. The maximum Gasteiger partial charge on any atom is 0.173 e. The fourth-order valence-electron chi connectivity index (χ4n) is 4.52. The first-order valence-electron chi connectivity index (χ1n) is 9.91. The Morgan fingerprint density at radius 2 is 1.44 bits per heavy atom. The molecule has 3 unspecified atom stereocenters. The number of hydrogen-bond acceptors (Lipinski definition) is 2. The molecule has 0 radical (unpaired) electrons. The highest BCUT2D eigenvalue weighted by Gasteiger charge is 2.61. The minimum Gasteiger partial charge on any atom is -0.373 e. The van der Waals surface area contributed by atoms with Crippen LogP contribution >= 0.6 is 0 Å². The van der Waals surface area contributed by atoms with Crippen molar-refractivity contribution in [3.8, 4) is 0 Å². The SMILES string of the molecule is CC1COC(C)(C(C(=O)c2ccccc2)c2ccccc2)C(C)(C)C1(C)C. The molecule has 1 heterocycles. The van der Waals surface area contributed by atoms with Crippen LogP contribution in [0, 0.1) is 16.7 Å². The summed E-state index contributed by atoms with van der Waals surface area (Å²) in [6.07, 6.45) is 0. The maximum absolute atomic E-state index is 13.8. The monoisotopic (exact) mass is 364 g/mol. The number of benzene rings is 2. The van der Waals surface area contributed by atoms with Crippen LogP contribution in [0.4, 0.5) is 0 Å². The molecule has 0 amide bonds. The van der Waals surface area contributed by atoms with Gasteiger partial charge in [0.05, 0.1) is 18.1 Å². The van der Waals surface area contributed by atoms with E-state index >= 15 is 0 Å². The Labute approximate surface area is 164 Å². The van der Waals surface area contributed by atoms with Crippen molar-refractivity contribution in [1.29, 1.82) is 0 Å². The smallest absolute Gasteiger partial charge is 0.173 e. The van der Waals surface area contributed by atoms with E-state index < -0.39 is 5.60 Å². The minimum absolute atomic E-state index is 0.0317. The van der Waals surface area contributed by atoms with Crippen LogP contribution in [0.2, 0.25) is 0 Å². The predicted octanol–water partition coefficient (Wildman–Crippen LogP) is 6.13. The zero-order valence-electron chi connectivity index (χ0n) is 17.5. The second-order valence-electron chi connectivity index (χ2n) is 9.24. The highest BCUT2D eigenvalue weighted by atomic mass is 16.5. The van der Waals surface area contributed by atoms with E-state index in [1.807, 2.05) is 48.5 Å². The van der Waals surface area contributed by atoms with Gasteiger partial charge < -0.3 is 4.74 Å². The fraction of sp³-hybridized carbons (Fsp3) is 0.480. The minimum atomic E-state index is -0.614. The lowest BCUT2D eigenvalue weighted by molar-refractivity contribution is -0.232. The second kappa shape index (κ2) is 6.91. The molecule has 0 N–H and O–H groups in total. The van der Waals surface area contributed by atoms with Crippen LogP contribution in [-0.4, -0.2) is 18.0 Å². The molecule has 2 heteroatoms. The van der Waals surface area contributed by atoms with Gasteiger partial charge in [0.1, 0.15) is 0 Å². The second-order valence-corrected chi connectivity index (χ2v) is 9.24. The third kappa shape index (κ3) is 3.04. The van der Waals surface area contributed by atoms with Crippen molar-refractivity contribution in [1.82, 2.24) is 0 Å². The van der Waals surface area contributed by atoms with Crippen LogP contribution in [0.1, 0.15) is 63.4 Å². The lowest BCUT2D eigenvalue weighted by Crippen LogP contribution is -2.63. The van der Waals surface area contributed by atoms with Gasteiger partial charge in [0.25, 0.3) is 0 Å². The Balaban J connectivity index is 2.17. The van der Waals surface area contributed by atoms with E-state index in [1.54, 1.807) is 0 Å². The van der Waals surface area contributed by atoms with Gasteiger partial charge in [-0.2, -0.15) is 0 Å². The average molecular weight is 365 g/mol. The molecular formula is C25H32O2. The molecule has 144 valence electrons. The van der Waals surface area contributed by atoms with Gasteiger partial charge in [-0.05, 0) is 29.2 Å². The summed E-state index contributed by atoms with van der Waals surface area (Å²) >= 11 is 0. The molecule has 1 fully saturated rings. The van der Waals surface area contributed by atoms with E-state index in [1.165, 1.54) is 0 Å². The van der Waals surface area contributed by atoms with E-state index in [0.717, 1.165) is 11.1 Å². The van der Waals surface area contributed by atoms with Gasteiger partial charge >= 0.3 is 0 Å². The molecular weight excluding hydrogens is 332 g/mol. The Morgan fingerprint density at radius 1 is 0.926 bits per heavy atom. The Hall–Kier alpha value is -1.93. The molecule has 0 spiro atoms. The summed E-state index contributed by atoms with van der Waals surface area (Å²) in [4.78, 5) is 13.8.